The molecule has 4 nitrogen and oxygen atoms in total. The molecule has 0 aromatic heterocycles. The fourth-order valence-electron chi connectivity index (χ4n) is 1.31. The summed E-state index contributed by atoms with van der Waals surface area (Å²) >= 11 is 0. The summed E-state index contributed by atoms with van der Waals surface area (Å²) in [6.07, 6.45) is 0. The lowest BCUT2D eigenvalue weighted by Gasteiger charge is -2.18. The van der Waals surface area contributed by atoms with Gasteiger partial charge in [0.2, 0.25) is 0 Å². The highest BCUT2D eigenvalue weighted by Gasteiger charge is 2.15. The minimum absolute atomic E-state index is 0.00753. The second-order valence-electron chi connectivity index (χ2n) is 3.03. The number of nitrogens with one attached hydrogen (secondary N) is 1. The van der Waals surface area contributed by atoms with Gasteiger partial charge in [0.1, 0.15) is 24.8 Å². The van der Waals surface area contributed by atoms with Gasteiger partial charge in [0.25, 0.3) is 5.91 Å². The number of carbonyl (C=O) groups is 1. The molecule has 1 aliphatic heterocycles. The molecule has 0 saturated carbocycles. The number of hydrogen-bond acceptors (Lipinski definition) is 3. The maximum absolute atomic E-state index is 11.9. The lowest BCUT2D eigenvalue weighted by Crippen LogP contribution is -2.25. The molecule has 0 saturated heterocycles. The standard InChI is InChI=1S/C10H10FNO3/c11-3-4-14-7-1-2-9-8(5-7)12-10(13)6-15-9/h1-2,5H,3-4,6H2,(H,12,13). The molecule has 0 atom stereocenters. The van der Waals surface area contributed by atoms with E-state index in [0.29, 0.717) is 17.2 Å². The second kappa shape index (κ2) is 4.16. The third kappa shape index (κ3) is 2.18. The van der Waals surface area contributed by atoms with Gasteiger partial charge in [-0.05, 0) is 12.1 Å². The zero-order valence-corrected chi connectivity index (χ0v) is 7.96. The van der Waals surface area contributed by atoms with Crippen LogP contribution in [0.1, 0.15) is 0 Å². The van der Waals surface area contributed by atoms with Crippen LogP contribution in [0.25, 0.3) is 0 Å². The van der Waals surface area contributed by atoms with Crippen molar-refractivity contribution in [2.75, 3.05) is 25.2 Å². The summed E-state index contributed by atoms with van der Waals surface area (Å²) in [7, 11) is 0. The molecule has 2 rings (SSSR count). The molecular formula is C10H10FNO3. The summed E-state index contributed by atoms with van der Waals surface area (Å²) in [6.45, 7) is -0.509. The van der Waals surface area contributed by atoms with Crippen molar-refractivity contribution in [3.05, 3.63) is 18.2 Å². The number of anilines is 1. The highest BCUT2D eigenvalue weighted by molar-refractivity contribution is 5.95. The smallest absolute Gasteiger partial charge is 0.262 e. The second-order valence-corrected chi connectivity index (χ2v) is 3.03. The number of rotatable bonds is 3. The average Bonchev–Trinajstić information content (AvgIpc) is 2.25. The molecule has 1 aromatic carbocycles. The van der Waals surface area contributed by atoms with Gasteiger partial charge in [-0.3, -0.25) is 4.79 Å². The Morgan fingerprint density at radius 2 is 2.40 bits per heavy atom. The first-order valence-corrected chi connectivity index (χ1v) is 4.55. The summed E-state index contributed by atoms with van der Waals surface area (Å²) < 4.78 is 22.1. The zero-order chi connectivity index (χ0) is 10.7. The van der Waals surface area contributed by atoms with Crippen LogP contribution in [0, 0.1) is 0 Å². The summed E-state index contributed by atoms with van der Waals surface area (Å²) in [5, 5.41) is 2.64. The Hall–Kier alpha value is -1.78. The highest BCUT2D eigenvalue weighted by atomic mass is 19.1. The lowest BCUT2D eigenvalue weighted by atomic mass is 10.2. The lowest BCUT2D eigenvalue weighted by molar-refractivity contribution is -0.118. The molecule has 15 heavy (non-hydrogen) atoms. The molecule has 1 amide bonds. The van der Waals surface area contributed by atoms with Crippen molar-refractivity contribution >= 4 is 11.6 Å². The highest BCUT2D eigenvalue weighted by Crippen LogP contribution is 2.31. The molecule has 0 radical (unpaired) electrons. The van der Waals surface area contributed by atoms with Gasteiger partial charge in [-0.15, -0.1) is 0 Å². The van der Waals surface area contributed by atoms with Crippen LogP contribution in [0.15, 0.2) is 18.2 Å². The van der Waals surface area contributed by atoms with Crippen molar-refractivity contribution in [2.45, 2.75) is 0 Å². The average molecular weight is 211 g/mol. The number of alkyl halides is 1. The molecule has 0 unspecified atom stereocenters. The Kier molecular flexibility index (Phi) is 2.71. The topological polar surface area (TPSA) is 47.6 Å². The molecule has 1 aliphatic rings. The first-order chi connectivity index (χ1) is 7.29. The van der Waals surface area contributed by atoms with Crippen molar-refractivity contribution in [1.29, 1.82) is 0 Å². The van der Waals surface area contributed by atoms with Crippen molar-refractivity contribution in [1.82, 2.24) is 0 Å². The van der Waals surface area contributed by atoms with Crippen LogP contribution in [0.3, 0.4) is 0 Å². The summed E-state index contributed by atoms with van der Waals surface area (Å²) in [6, 6.07) is 4.97. The number of benzene rings is 1. The number of carbonyl (C=O) groups excluding carboxylic acids is 1. The monoisotopic (exact) mass is 211 g/mol. The molecular weight excluding hydrogens is 201 g/mol. The van der Waals surface area contributed by atoms with Gasteiger partial charge in [-0.2, -0.15) is 0 Å². The quantitative estimate of drug-likeness (QED) is 0.821. The van der Waals surface area contributed by atoms with Gasteiger partial charge < -0.3 is 14.8 Å². The van der Waals surface area contributed by atoms with Crippen molar-refractivity contribution in [3.8, 4) is 11.5 Å². The van der Waals surface area contributed by atoms with Crippen LogP contribution in [-0.4, -0.2) is 25.8 Å². The number of amides is 1. The molecule has 80 valence electrons. The van der Waals surface area contributed by atoms with Crippen LogP contribution < -0.4 is 14.8 Å². The first kappa shape index (κ1) is 9.76. The summed E-state index contributed by atoms with van der Waals surface area (Å²) in [5.41, 5.74) is 0.558. The van der Waals surface area contributed by atoms with E-state index in [1.165, 1.54) is 0 Å². The van der Waals surface area contributed by atoms with Crippen molar-refractivity contribution in [3.63, 3.8) is 0 Å². The molecule has 0 aliphatic carbocycles. The molecule has 0 fully saturated rings. The fourth-order valence-corrected chi connectivity index (χ4v) is 1.31. The number of hydrogen-bond donors (Lipinski definition) is 1. The van der Waals surface area contributed by atoms with Crippen LogP contribution in [0.2, 0.25) is 0 Å². The van der Waals surface area contributed by atoms with Crippen LogP contribution in [0.4, 0.5) is 10.1 Å². The Morgan fingerprint density at radius 3 is 3.20 bits per heavy atom. The van der Waals surface area contributed by atoms with E-state index >= 15 is 0 Å². The Morgan fingerprint density at radius 1 is 1.53 bits per heavy atom. The summed E-state index contributed by atoms with van der Waals surface area (Å²) in [4.78, 5) is 11.0. The maximum Gasteiger partial charge on any atom is 0.262 e. The van der Waals surface area contributed by atoms with Gasteiger partial charge in [0, 0.05) is 6.07 Å². The van der Waals surface area contributed by atoms with Gasteiger partial charge >= 0.3 is 0 Å². The van der Waals surface area contributed by atoms with Crippen LogP contribution in [-0.2, 0) is 4.79 Å². The minimum atomic E-state index is -0.542. The third-order valence-electron chi connectivity index (χ3n) is 1.93. The van der Waals surface area contributed by atoms with E-state index in [4.69, 9.17) is 9.47 Å². The van der Waals surface area contributed by atoms with Gasteiger partial charge in [-0.25, -0.2) is 4.39 Å². The van der Waals surface area contributed by atoms with Gasteiger partial charge in [0.15, 0.2) is 6.61 Å². The van der Waals surface area contributed by atoms with E-state index < -0.39 is 6.67 Å². The van der Waals surface area contributed by atoms with Crippen molar-refractivity contribution in [2.24, 2.45) is 0 Å². The van der Waals surface area contributed by atoms with E-state index in [9.17, 15) is 9.18 Å². The largest absolute Gasteiger partial charge is 0.491 e. The maximum atomic E-state index is 11.9. The third-order valence-corrected chi connectivity index (χ3v) is 1.93. The van der Waals surface area contributed by atoms with Crippen LogP contribution in [0.5, 0.6) is 11.5 Å². The molecule has 1 heterocycles. The fraction of sp³-hybridized carbons (Fsp3) is 0.300. The Labute approximate surface area is 86.0 Å². The zero-order valence-electron chi connectivity index (χ0n) is 7.96. The minimum Gasteiger partial charge on any atom is -0.491 e. The van der Waals surface area contributed by atoms with E-state index in [1.54, 1.807) is 18.2 Å². The van der Waals surface area contributed by atoms with E-state index in [-0.39, 0.29) is 19.1 Å². The SMILES string of the molecule is O=C1COc2ccc(OCCF)cc2N1. The number of fused-ring (bicyclic) bond motifs is 1. The summed E-state index contributed by atoms with van der Waals surface area (Å²) in [5.74, 6) is 0.907. The molecule has 0 spiro atoms. The number of ether oxygens (including phenoxy) is 2. The number of halogens is 1. The van der Waals surface area contributed by atoms with Crippen LogP contribution >= 0.6 is 0 Å². The first-order valence-electron chi connectivity index (χ1n) is 4.55. The van der Waals surface area contributed by atoms with E-state index in [0.717, 1.165) is 0 Å². The van der Waals surface area contributed by atoms with E-state index in [1.807, 2.05) is 0 Å². The predicted octanol–water partition coefficient (Wildman–Crippen LogP) is 1.37. The van der Waals surface area contributed by atoms with Gasteiger partial charge in [0.05, 0.1) is 5.69 Å². The molecule has 5 heteroatoms. The normalized spacial score (nSPS) is 13.8. The molecule has 1 N–H and O–H groups in total. The van der Waals surface area contributed by atoms with Gasteiger partial charge in [-0.1, -0.05) is 0 Å². The van der Waals surface area contributed by atoms with E-state index in [2.05, 4.69) is 5.32 Å². The van der Waals surface area contributed by atoms with Crippen molar-refractivity contribution < 1.29 is 18.7 Å². The Bertz CT molecular complexity index is 381. The Balaban J connectivity index is 2.17. The molecule has 1 aromatic rings. The molecule has 0 bridgehead atoms. The predicted molar refractivity (Wildman–Crippen MR) is 52.0 cm³/mol.